The summed E-state index contributed by atoms with van der Waals surface area (Å²) in [5.41, 5.74) is 1.55. The van der Waals surface area contributed by atoms with Gasteiger partial charge in [-0.05, 0) is 43.9 Å². The van der Waals surface area contributed by atoms with E-state index in [0.29, 0.717) is 41.3 Å². The zero-order chi connectivity index (χ0) is 25.8. The van der Waals surface area contributed by atoms with Crippen LogP contribution in [0, 0.1) is 5.82 Å². The van der Waals surface area contributed by atoms with Crippen LogP contribution in [-0.2, 0) is 9.59 Å². The smallest absolute Gasteiger partial charge is 0.317 e. The Balaban J connectivity index is 1.49. The molecule has 1 aliphatic carbocycles. The lowest BCUT2D eigenvalue weighted by Gasteiger charge is -2.38. The lowest BCUT2D eigenvalue weighted by molar-refractivity contribution is -0.143. The summed E-state index contributed by atoms with van der Waals surface area (Å²) >= 11 is 5.89. The Labute approximate surface area is 211 Å². The summed E-state index contributed by atoms with van der Waals surface area (Å²) in [7, 11) is 1.88. The van der Waals surface area contributed by atoms with Gasteiger partial charge in [0.25, 0.3) is 0 Å². The summed E-state index contributed by atoms with van der Waals surface area (Å²) in [6.45, 7) is -0.611. The van der Waals surface area contributed by atoms with Crippen LogP contribution >= 0.6 is 11.6 Å². The van der Waals surface area contributed by atoms with E-state index in [1.54, 1.807) is 12.3 Å². The Morgan fingerprint density at radius 2 is 1.75 bits per heavy atom. The molecule has 13 heteroatoms. The maximum atomic E-state index is 13.5. The predicted molar refractivity (Wildman–Crippen MR) is 131 cm³/mol. The van der Waals surface area contributed by atoms with Crippen molar-refractivity contribution in [2.75, 3.05) is 30.4 Å². The van der Waals surface area contributed by atoms with Crippen LogP contribution in [0.15, 0.2) is 30.7 Å². The summed E-state index contributed by atoms with van der Waals surface area (Å²) in [4.78, 5) is 43.4. The van der Waals surface area contributed by atoms with Gasteiger partial charge < -0.3 is 20.4 Å². The summed E-state index contributed by atoms with van der Waals surface area (Å²) in [5, 5.41) is 21.4. The van der Waals surface area contributed by atoms with Crippen molar-refractivity contribution in [3.8, 4) is 0 Å². The third-order valence-electron chi connectivity index (χ3n) is 6.27. The van der Waals surface area contributed by atoms with Crippen molar-refractivity contribution in [2.24, 2.45) is 0 Å². The van der Waals surface area contributed by atoms with Gasteiger partial charge >= 0.3 is 11.9 Å². The molecule has 0 radical (unpaired) electrons. The first-order valence-electron chi connectivity index (χ1n) is 11.3. The summed E-state index contributed by atoms with van der Waals surface area (Å²) in [5.74, 6) is -1.73. The zero-order valence-electron chi connectivity index (χ0n) is 19.4. The summed E-state index contributed by atoms with van der Waals surface area (Å²) < 4.78 is 13.5. The van der Waals surface area contributed by atoms with Crippen molar-refractivity contribution in [2.45, 2.75) is 37.8 Å². The number of nitrogens with zero attached hydrogens (tertiary/aromatic N) is 6. The molecule has 1 fully saturated rings. The summed E-state index contributed by atoms with van der Waals surface area (Å²) in [6.07, 6.45) is 5.75. The van der Waals surface area contributed by atoms with E-state index in [1.807, 2.05) is 11.9 Å². The Hall–Kier alpha value is -3.64. The highest BCUT2D eigenvalue weighted by atomic mass is 35.5. The second-order valence-corrected chi connectivity index (χ2v) is 9.05. The SMILES string of the molecule is CN(c1ncc2ncnc(Nc3ccc(F)c(Cl)c3)c2n1)C1CCC(N(CC(=O)O)CC(=O)O)CC1. The molecule has 2 aromatic heterocycles. The van der Waals surface area contributed by atoms with Gasteiger partial charge in [0.15, 0.2) is 5.82 Å². The molecule has 36 heavy (non-hydrogen) atoms. The second-order valence-electron chi connectivity index (χ2n) is 8.65. The number of aromatic nitrogens is 4. The maximum Gasteiger partial charge on any atom is 0.317 e. The largest absolute Gasteiger partial charge is 0.480 e. The number of aliphatic carboxylic acids is 2. The van der Waals surface area contributed by atoms with Crippen molar-refractivity contribution in [3.05, 3.63) is 41.6 Å². The van der Waals surface area contributed by atoms with Gasteiger partial charge in [0.2, 0.25) is 5.95 Å². The molecule has 3 N–H and O–H groups in total. The van der Waals surface area contributed by atoms with Gasteiger partial charge in [0, 0.05) is 24.8 Å². The number of carboxylic acid groups (broad SMARTS) is 2. The fourth-order valence-electron chi connectivity index (χ4n) is 4.45. The van der Waals surface area contributed by atoms with Crippen molar-refractivity contribution < 1.29 is 24.2 Å². The molecule has 0 saturated heterocycles. The van der Waals surface area contributed by atoms with E-state index in [-0.39, 0.29) is 30.2 Å². The molecule has 190 valence electrons. The van der Waals surface area contributed by atoms with Crippen LogP contribution in [0.4, 0.5) is 21.8 Å². The van der Waals surface area contributed by atoms with Crippen LogP contribution in [0.1, 0.15) is 25.7 Å². The van der Waals surface area contributed by atoms with Crippen LogP contribution in [-0.4, -0.2) is 79.2 Å². The van der Waals surface area contributed by atoms with E-state index >= 15 is 0 Å². The molecule has 0 bridgehead atoms. The molecule has 0 unspecified atom stereocenters. The molecule has 1 aliphatic rings. The number of anilines is 3. The molecule has 0 atom stereocenters. The molecule has 1 saturated carbocycles. The van der Waals surface area contributed by atoms with Crippen molar-refractivity contribution in [3.63, 3.8) is 0 Å². The van der Waals surface area contributed by atoms with Gasteiger partial charge in [-0.25, -0.2) is 24.3 Å². The quantitative estimate of drug-likeness (QED) is 0.384. The van der Waals surface area contributed by atoms with Crippen LogP contribution in [0.5, 0.6) is 0 Å². The van der Waals surface area contributed by atoms with E-state index in [4.69, 9.17) is 21.8 Å². The van der Waals surface area contributed by atoms with Gasteiger partial charge in [-0.2, -0.15) is 0 Å². The van der Waals surface area contributed by atoms with Crippen LogP contribution in [0.2, 0.25) is 5.02 Å². The average Bonchev–Trinajstić information content (AvgIpc) is 2.85. The number of halogens is 2. The van der Waals surface area contributed by atoms with Crippen LogP contribution in [0.3, 0.4) is 0 Å². The molecule has 0 aliphatic heterocycles. The highest BCUT2D eigenvalue weighted by molar-refractivity contribution is 6.31. The molecule has 1 aromatic carbocycles. The van der Waals surface area contributed by atoms with Gasteiger partial charge in [-0.15, -0.1) is 0 Å². The van der Waals surface area contributed by atoms with Gasteiger partial charge in [0.05, 0.1) is 24.3 Å². The van der Waals surface area contributed by atoms with Crippen LogP contribution < -0.4 is 10.2 Å². The molecule has 2 heterocycles. The topological polar surface area (TPSA) is 145 Å². The monoisotopic (exact) mass is 517 g/mol. The molecule has 3 aromatic rings. The zero-order valence-corrected chi connectivity index (χ0v) is 20.2. The Bertz CT molecular complexity index is 1260. The molecule has 4 rings (SSSR count). The van der Waals surface area contributed by atoms with Crippen molar-refractivity contribution in [1.29, 1.82) is 0 Å². The molecule has 0 amide bonds. The number of carbonyl (C=O) groups is 2. The predicted octanol–water partition coefficient (Wildman–Crippen LogP) is 3.17. The van der Waals surface area contributed by atoms with E-state index in [9.17, 15) is 14.0 Å². The minimum Gasteiger partial charge on any atom is -0.480 e. The number of hydrogen-bond acceptors (Lipinski definition) is 9. The minimum absolute atomic E-state index is 0.0192. The second kappa shape index (κ2) is 11.0. The van der Waals surface area contributed by atoms with Gasteiger partial charge in [-0.1, -0.05) is 11.6 Å². The highest BCUT2D eigenvalue weighted by Crippen LogP contribution is 2.29. The highest BCUT2D eigenvalue weighted by Gasteiger charge is 2.30. The van der Waals surface area contributed by atoms with Crippen LogP contribution in [0.25, 0.3) is 11.0 Å². The van der Waals surface area contributed by atoms with E-state index in [1.165, 1.54) is 23.4 Å². The fourth-order valence-corrected chi connectivity index (χ4v) is 4.63. The average molecular weight is 518 g/mol. The molecular formula is C23H25ClFN7O4. The summed E-state index contributed by atoms with van der Waals surface area (Å²) in [6, 6.07) is 4.22. The Morgan fingerprint density at radius 3 is 2.39 bits per heavy atom. The van der Waals surface area contributed by atoms with E-state index < -0.39 is 17.8 Å². The standard InChI is InChI=1S/C23H25ClFN7O4/c1-31(14-3-5-15(6-4-14)32(10-19(33)34)11-20(35)36)23-26-9-18-21(30-23)22(28-12-27-18)29-13-2-7-17(25)16(24)8-13/h2,7-9,12,14-15H,3-6,10-11H2,1H3,(H,33,34)(H,35,36)(H,27,28,29). The molecular weight excluding hydrogens is 493 g/mol. The first-order valence-corrected chi connectivity index (χ1v) is 11.7. The third kappa shape index (κ3) is 5.94. The van der Waals surface area contributed by atoms with Crippen molar-refractivity contribution >= 4 is 52.0 Å². The number of rotatable bonds is 9. The first-order chi connectivity index (χ1) is 17.2. The normalized spacial score (nSPS) is 17.8. The lowest BCUT2D eigenvalue weighted by atomic mass is 9.89. The van der Waals surface area contributed by atoms with Gasteiger partial charge in [0.1, 0.15) is 23.2 Å². The Morgan fingerprint density at radius 1 is 1.08 bits per heavy atom. The number of fused-ring (bicyclic) bond motifs is 1. The molecule has 0 spiro atoms. The number of benzene rings is 1. The van der Waals surface area contributed by atoms with Crippen molar-refractivity contribution in [1.82, 2.24) is 24.8 Å². The van der Waals surface area contributed by atoms with E-state index in [0.717, 1.165) is 12.8 Å². The maximum absolute atomic E-state index is 13.5. The number of carboxylic acids is 2. The minimum atomic E-state index is -1.05. The Kier molecular flexibility index (Phi) is 7.75. The fraction of sp³-hybridized carbons (Fsp3) is 0.391. The number of hydrogen-bond donors (Lipinski definition) is 3. The molecule has 11 nitrogen and oxygen atoms in total. The third-order valence-corrected chi connectivity index (χ3v) is 6.56. The number of nitrogens with one attached hydrogen (secondary N) is 1. The first kappa shape index (κ1) is 25.5. The lowest BCUT2D eigenvalue weighted by Crippen LogP contribution is -2.46. The van der Waals surface area contributed by atoms with Gasteiger partial charge in [-0.3, -0.25) is 14.5 Å². The van der Waals surface area contributed by atoms with E-state index in [2.05, 4.69) is 25.3 Å².